The van der Waals surface area contributed by atoms with E-state index in [9.17, 15) is 9.59 Å². The quantitative estimate of drug-likeness (QED) is 0.463. The summed E-state index contributed by atoms with van der Waals surface area (Å²) in [4.78, 5) is 23.5. The summed E-state index contributed by atoms with van der Waals surface area (Å²) in [6, 6.07) is 14.7. The summed E-state index contributed by atoms with van der Waals surface area (Å²) in [5.74, 6) is -0.127. The van der Waals surface area contributed by atoms with Gasteiger partial charge in [-0.3, -0.25) is 9.59 Å². The third-order valence-electron chi connectivity index (χ3n) is 2.94. The zero-order valence-electron chi connectivity index (χ0n) is 12.1. The smallest absolute Gasteiger partial charge is 0.311 e. The van der Waals surface area contributed by atoms with Gasteiger partial charge in [0.1, 0.15) is 5.75 Å². The molecule has 0 fully saturated rings. The number of rotatable bonds is 5. The van der Waals surface area contributed by atoms with Gasteiger partial charge in [-0.25, -0.2) is 0 Å². The van der Waals surface area contributed by atoms with Crippen LogP contribution in [0.25, 0.3) is 0 Å². The van der Waals surface area contributed by atoms with E-state index in [0.717, 1.165) is 14.8 Å². The Balaban J connectivity index is 1.76. The highest BCUT2D eigenvalue weighted by atomic mass is 127. The number of benzene rings is 2. The number of nitrogens with one attached hydrogen (secondary N) is 1. The van der Waals surface area contributed by atoms with Crippen LogP contribution in [-0.4, -0.2) is 11.9 Å². The number of esters is 1. The molecule has 0 saturated heterocycles. The molecule has 1 N–H and O–H groups in total. The number of hydrogen-bond acceptors (Lipinski definition) is 3. The van der Waals surface area contributed by atoms with Gasteiger partial charge in [-0.15, -0.1) is 0 Å². The lowest BCUT2D eigenvalue weighted by molar-refractivity contribution is -0.135. The molecule has 0 saturated carbocycles. The molecule has 0 atom stereocenters. The second-order valence-corrected chi connectivity index (χ2v) is 6.09. The molecule has 0 aliphatic heterocycles. The maximum atomic E-state index is 11.8. The molecule has 0 aliphatic rings. The number of carbonyl (C=O) groups is 2. The first-order chi connectivity index (χ1) is 10.5. The molecule has 1 amide bonds. The van der Waals surface area contributed by atoms with E-state index < -0.39 is 5.97 Å². The van der Waals surface area contributed by atoms with Gasteiger partial charge in [0.25, 0.3) is 0 Å². The number of hydrogen-bond donors (Lipinski definition) is 1. The van der Waals surface area contributed by atoms with Gasteiger partial charge >= 0.3 is 5.97 Å². The summed E-state index contributed by atoms with van der Waals surface area (Å²) >= 11 is 2.19. The van der Waals surface area contributed by atoms with Crippen LogP contribution in [0.3, 0.4) is 0 Å². The van der Waals surface area contributed by atoms with Gasteiger partial charge in [0.2, 0.25) is 5.91 Å². The van der Waals surface area contributed by atoms with E-state index in [1.54, 1.807) is 12.1 Å². The molecule has 0 heterocycles. The molecule has 0 aromatic heterocycles. The van der Waals surface area contributed by atoms with Crippen molar-refractivity contribution >= 4 is 40.2 Å². The Morgan fingerprint density at radius 1 is 1.00 bits per heavy atom. The van der Waals surface area contributed by atoms with Crippen molar-refractivity contribution in [2.75, 3.05) is 5.32 Å². The van der Waals surface area contributed by atoms with Crippen molar-refractivity contribution < 1.29 is 14.3 Å². The minimum absolute atomic E-state index is 0.0457. The average molecular weight is 409 g/mol. The lowest BCUT2D eigenvalue weighted by Crippen LogP contribution is -2.15. The van der Waals surface area contributed by atoms with E-state index in [4.69, 9.17) is 4.74 Å². The van der Waals surface area contributed by atoms with Crippen molar-refractivity contribution in [3.05, 3.63) is 57.7 Å². The standard InChI is InChI=1S/C17H16INO3/c1-12-2-8-15(9-3-12)22-17(21)11-10-16(20)19-14-6-4-13(18)5-7-14/h2-9H,10-11H2,1H3,(H,19,20). The topological polar surface area (TPSA) is 55.4 Å². The van der Waals surface area contributed by atoms with Crippen LogP contribution in [0, 0.1) is 10.5 Å². The third kappa shape index (κ3) is 5.48. The van der Waals surface area contributed by atoms with Gasteiger partial charge < -0.3 is 10.1 Å². The minimum atomic E-state index is -0.415. The van der Waals surface area contributed by atoms with Gasteiger partial charge in [0, 0.05) is 15.7 Å². The Morgan fingerprint density at radius 3 is 2.27 bits per heavy atom. The molecule has 2 aromatic rings. The van der Waals surface area contributed by atoms with Crippen LogP contribution in [0.15, 0.2) is 48.5 Å². The molecule has 0 radical (unpaired) electrons. The minimum Gasteiger partial charge on any atom is -0.427 e. The van der Waals surface area contributed by atoms with Crippen LogP contribution in [0.4, 0.5) is 5.69 Å². The van der Waals surface area contributed by atoms with Crippen LogP contribution in [0.2, 0.25) is 0 Å². The predicted octanol–water partition coefficient (Wildman–Crippen LogP) is 3.92. The van der Waals surface area contributed by atoms with E-state index in [1.165, 1.54) is 0 Å². The Labute approximate surface area is 143 Å². The summed E-state index contributed by atoms with van der Waals surface area (Å²) in [5.41, 5.74) is 1.81. The lowest BCUT2D eigenvalue weighted by Gasteiger charge is -2.06. The number of ether oxygens (including phenoxy) is 1. The predicted molar refractivity (Wildman–Crippen MR) is 93.8 cm³/mol. The molecule has 2 aromatic carbocycles. The van der Waals surface area contributed by atoms with E-state index >= 15 is 0 Å². The van der Waals surface area contributed by atoms with E-state index in [2.05, 4.69) is 27.9 Å². The molecule has 22 heavy (non-hydrogen) atoms. The fourth-order valence-corrected chi connectivity index (χ4v) is 2.12. The molecule has 5 heteroatoms. The van der Waals surface area contributed by atoms with Crippen LogP contribution in [0.1, 0.15) is 18.4 Å². The van der Waals surface area contributed by atoms with Crippen molar-refractivity contribution in [2.45, 2.75) is 19.8 Å². The first-order valence-corrected chi connectivity index (χ1v) is 7.93. The molecule has 4 nitrogen and oxygen atoms in total. The van der Waals surface area contributed by atoms with E-state index in [1.807, 2.05) is 43.3 Å². The number of aryl methyl sites for hydroxylation is 1. The zero-order chi connectivity index (χ0) is 15.9. The summed E-state index contributed by atoms with van der Waals surface area (Å²) in [7, 11) is 0. The Hall–Kier alpha value is -1.89. The van der Waals surface area contributed by atoms with Gasteiger partial charge in [0.15, 0.2) is 0 Å². The molecule has 0 unspecified atom stereocenters. The Kier molecular flexibility index (Phi) is 5.94. The van der Waals surface area contributed by atoms with Gasteiger partial charge in [-0.05, 0) is 65.9 Å². The Morgan fingerprint density at radius 2 is 1.64 bits per heavy atom. The molecule has 0 aliphatic carbocycles. The highest BCUT2D eigenvalue weighted by Crippen LogP contribution is 2.14. The summed E-state index contributed by atoms with van der Waals surface area (Å²) in [5, 5.41) is 2.75. The maximum Gasteiger partial charge on any atom is 0.311 e. The van der Waals surface area contributed by atoms with E-state index in [-0.39, 0.29) is 18.7 Å². The van der Waals surface area contributed by atoms with Crippen molar-refractivity contribution in [3.63, 3.8) is 0 Å². The molecule has 0 bridgehead atoms. The summed E-state index contributed by atoms with van der Waals surface area (Å²) in [6.07, 6.45) is 0.140. The van der Waals surface area contributed by atoms with Crippen molar-refractivity contribution in [1.29, 1.82) is 0 Å². The second-order valence-electron chi connectivity index (χ2n) is 4.84. The van der Waals surface area contributed by atoms with Crippen LogP contribution >= 0.6 is 22.6 Å². The summed E-state index contributed by atoms with van der Waals surface area (Å²) in [6.45, 7) is 1.96. The third-order valence-corrected chi connectivity index (χ3v) is 3.66. The summed E-state index contributed by atoms with van der Waals surface area (Å²) < 4.78 is 6.26. The normalized spacial score (nSPS) is 10.1. The van der Waals surface area contributed by atoms with Crippen LogP contribution in [0.5, 0.6) is 5.75 Å². The fourth-order valence-electron chi connectivity index (χ4n) is 1.76. The lowest BCUT2D eigenvalue weighted by atomic mass is 10.2. The number of amides is 1. The molecular formula is C17H16INO3. The highest BCUT2D eigenvalue weighted by molar-refractivity contribution is 14.1. The van der Waals surface area contributed by atoms with Crippen molar-refractivity contribution in [1.82, 2.24) is 0 Å². The van der Waals surface area contributed by atoms with E-state index in [0.29, 0.717) is 5.75 Å². The fraction of sp³-hybridized carbons (Fsp3) is 0.176. The molecule has 114 valence electrons. The first kappa shape index (κ1) is 16.5. The molecular weight excluding hydrogens is 393 g/mol. The van der Waals surface area contributed by atoms with Gasteiger partial charge in [-0.1, -0.05) is 17.7 Å². The van der Waals surface area contributed by atoms with Crippen molar-refractivity contribution in [2.24, 2.45) is 0 Å². The van der Waals surface area contributed by atoms with Gasteiger partial charge in [0.05, 0.1) is 6.42 Å². The maximum absolute atomic E-state index is 11.8. The average Bonchev–Trinajstić information content (AvgIpc) is 2.50. The van der Waals surface area contributed by atoms with Gasteiger partial charge in [-0.2, -0.15) is 0 Å². The van der Waals surface area contributed by atoms with Crippen LogP contribution < -0.4 is 10.1 Å². The number of anilines is 1. The molecule has 2 rings (SSSR count). The number of carbonyl (C=O) groups excluding carboxylic acids is 2. The van der Waals surface area contributed by atoms with Crippen LogP contribution in [-0.2, 0) is 9.59 Å². The first-order valence-electron chi connectivity index (χ1n) is 6.86. The number of halogens is 1. The highest BCUT2D eigenvalue weighted by Gasteiger charge is 2.09. The SMILES string of the molecule is Cc1ccc(OC(=O)CCC(=O)Nc2ccc(I)cc2)cc1. The zero-order valence-corrected chi connectivity index (χ0v) is 14.3. The largest absolute Gasteiger partial charge is 0.427 e. The Bertz CT molecular complexity index is 591. The second kappa shape index (κ2) is 7.93. The molecule has 0 spiro atoms. The van der Waals surface area contributed by atoms with Crippen molar-refractivity contribution in [3.8, 4) is 5.75 Å². The monoisotopic (exact) mass is 409 g/mol.